The highest BCUT2D eigenvalue weighted by Crippen LogP contribution is 2.17. The third-order valence-corrected chi connectivity index (χ3v) is 4.07. The summed E-state index contributed by atoms with van der Waals surface area (Å²) in [6.45, 7) is 0.726. The van der Waals surface area contributed by atoms with Crippen LogP contribution in [-0.2, 0) is 13.6 Å². The highest BCUT2D eigenvalue weighted by atomic mass is 15.3. The van der Waals surface area contributed by atoms with Crippen LogP contribution in [-0.4, -0.2) is 42.7 Å². The molecule has 1 fully saturated rings. The van der Waals surface area contributed by atoms with E-state index in [-0.39, 0.29) is 0 Å². The number of rotatable bonds is 4. The van der Waals surface area contributed by atoms with Crippen molar-refractivity contribution in [2.45, 2.75) is 44.7 Å². The lowest BCUT2D eigenvalue weighted by atomic mass is 9.96. The Morgan fingerprint density at radius 1 is 1.38 bits per heavy atom. The molecule has 1 aliphatic carbocycles. The first kappa shape index (κ1) is 15.7. The third kappa shape index (κ3) is 4.12. The lowest BCUT2D eigenvalue weighted by molar-refractivity contribution is 0.410. The number of hydrogen-bond acceptors (Lipinski definition) is 3. The summed E-state index contributed by atoms with van der Waals surface area (Å²) in [5.74, 6) is 1.84. The van der Waals surface area contributed by atoms with Gasteiger partial charge in [-0.15, -0.1) is 0 Å². The number of nitrogens with one attached hydrogen (secondary N) is 2. The molecule has 0 atom stereocenters. The van der Waals surface area contributed by atoms with Crippen LogP contribution in [0.2, 0.25) is 0 Å². The summed E-state index contributed by atoms with van der Waals surface area (Å²) in [7, 11) is 7.87. The minimum atomic E-state index is 0.564. The van der Waals surface area contributed by atoms with Crippen LogP contribution in [0.4, 0.5) is 5.95 Å². The number of imidazole rings is 1. The molecule has 1 aromatic heterocycles. The second-order valence-electron chi connectivity index (χ2n) is 5.91. The number of nitrogens with zero attached hydrogens (tertiary/aromatic N) is 4. The number of aromatic nitrogens is 2. The molecule has 2 rings (SSSR count). The molecule has 0 amide bonds. The molecule has 0 aliphatic heterocycles. The second kappa shape index (κ2) is 7.33. The first-order valence-electron chi connectivity index (χ1n) is 7.77. The predicted octanol–water partition coefficient (Wildman–Crippen LogP) is 1.48. The van der Waals surface area contributed by atoms with Crippen LogP contribution in [0.3, 0.4) is 0 Å². The Morgan fingerprint density at radius 2 is 2.10 bits per heavy atom. The van der Waals surface area contributed by atoms with Gasteiger partial charge in [0.05, 0.1) is 18.4 Å². The van der Waals surface area contributed by atoms with Gasteiger partial charge in [0.1, 0.15) is 0 Å². The molecule has 6 heteroatoms. The summed E-state index contributed by atoms with van der Waals surface area (Å²) in [6, 6.07) is 0.564. The molecule has 0 saturated heterocycles. The molecule has 1 aromatic rings. The fourth-order valence-electron chi connectivity index (χ4n) is 2.82. The van der Waals surface area contributed by atoms with Crippen molar-refractivity contribution >= 4 is 11.9 Å². The van der Waals surface area contributed by atoms with Crippen molar-refractivity contribution in [3.05, 3.63) is 11.9 Å². The van der Waals surface area contributed by atoms with Crippen LogP contribution < -0.4 is 15.5 Å². The molecule has 0 unspecified atom stereocenters. The maximum Gasteiger partial charge on any atom is 0.204 e. The van der Waals surface area contributed by atoms with Crippen LogP contribution >= 0.6 is 0 Å². The van der Waals surface area contributed by atoms with Gasteiger partial charge in [-0.1, -0.05) is 19.3 Å². The summed E-state index contributed by atoms with van der Waals surface area (Å²) in [5, 5.41) is 6.91. The van der Waals surface area contributed by atoms with Gasteiger partial charge in [0.2, 0.25) is 5.95 Å². The Morgan fingerprint density at radius 3 is 2.67 bits per heavy atom. The summed E-state index contributed by atoms with van der Waals surface area (Å²) in [4.78, 5) is 10.8. The summed E-state index contributed by atoms with van der Waals surface area (Å²) >= 11 is 0. The Balaban J connectivity index is 1.88. The van der Waals surface area contributed by atoms with Crippen LogP contribution in [0.1, 0.15) is 37.8 Å². The molecule has 1 aliphatic rings. The van der Waals surface area contributed by atoms with Crippen molar-refractivity contribution in [2.24, 2.45) is 12.0 Å². The van der Waals surface area contributed by atoms with Gasteiger partial charge in [-0.05, 0) is 12.8 Å². The van der Waals surface area contributed by atoms with Gasteiger partial charge in [0.25, 0.3) is 0 Å². The van der Waals surface area contributed by atoms with Crippen LogP contribution in [0.5, 0.6) is 0 Å². The normalized spacial score (nSPS) is 16.9. The van der Waals surface area contributed by atoms with Crippen molar-refractivity contribution in [3.8, 4) is 0 Å². The first-order chi connectivity index (χ1) is 10.1. The Kier molecular flexibility index (Phi) is 5.47. The van der Waals surface area contributed by atoms with E-state index in [9.17, 15) is 0 Å². The summed E-state index contributed by atoms with van der Waals surface area (Å²) in [5.41, 5.74) is 1.14. The molecule has 118 valence electrons. The number of aliphatic imine (C=N–C) groups is 1. The smallest absolute Gasteiger partial charge is 0.204 e. The topological polar surface area (TPSA) is 57.5 Å². The molecule has 6 nitrogen and oxygen atoms in total. The molecular formula is C15H28N6. The highest BCUT2D eigenvalue weighted by molar-refractivity contribution is 5.79. The van der Waals surface area contributed by atoms with E-state index in [1.54, 1.807) is 0 Å². The van der Waals surface area contributed by atoms with E-state index in [1.807, 2.05) is 39.3 Å². The van der Waals surface area contributed by atoms with E-state index in [2.05, 4.69) is 25.2 Å². The molecule has 0 spiro atoms. The monoisotopic (exact) mass is 292 g/mol. The SMILES string of the molecule is CN=C(NCc1cnc(N(C)C)n1C)NC1CCCCC1. The lowest BCUT2D eigenvalue weighted by Gasteiger charge is -2.25. The molecule has 2 N–H and O–H groups in total. The summed E-state index contributed by atoms with van der Waals surface area (Å²) in [6.07, 6.45) is 8.42. The average molecular weight is 292 g/mol. The van der Waals surface area contributed by atoms with Gasteiger partial charge in [-0.2, -0.15) is 0 Å². The fourth-order valence-corrected chi connectivity index (χ4v) is 2.82. The van der Waals surface area contributed by atoms with E-state index < -0.39 is 0 Å². The van der Waals surface area contributed by atoms with E-state index in [1.165, 1.54) is 32.1 Å². The molecule has 1 saturated carbocycles. The highest BCUT2D eigenvalue weighted by Gasteiger charge is 2.15. The molecule has 21 heavy (non-hydrogen) atoms. The number of guanidine groups is 1. The Bertz CT molecular complexity index is 471. The van der Waals surface area contributed by atoms with Crippen molar-refractivity contribution in [3.63, 3.8) is 0 Å². The first-order valence-corrected chi connectivity index (χ1v) is 7.77. The van der Waals surface area contributed by atoms with Crippen molar-refractivity contribution in [1.29, 1.82) is 0 Å². The predicted molar refractivity (Wildman–Crippen MR) is 87.7 cm³/mol. The third-order valence-electron chi connectivity index (χ3n) is 4.07. The minimum Gasteiger partial charge on any atom is -0.354 e. The van der Waals surface area contributed by atoms with E-state index in [4.69, 9.17) is 0 Å². The maximum absolute atomic E-state index is 4.42. The zero-order valence-electron chi connectivity index (χ0n) is 13.7. The maximum atomic E-state index is 4.42. The fraction of sp³-hybridized carbons (Fsp3) is 0.733. The van der Waals surface area contributed by atoms with Gasteiger partial charge in [0.15, 0.2) is 5.96 Å². The van der Waals surface area contributed by atoms with E-state index >= 15 is 0 Å². The van der Waals surface area contributed by atoms with Gasteiger partial charge in [-0.25, -0.2) is 4.98 Å². The summed E-state index contributed by atoms with van der Waals surface area (Å²) < 4.78 is 2.10. The Labute approximate surface area is 127 Å². The van der Waals surface area contributed by atoms with Gasteiger partial charge >= 0.3 is 0 Å². The Hall–Kier alpha value is -1.72. The van der Waals surface area contributed by atoms with E-state index in [0.717, 1.165) is 24.1 Å². The molecular weight excluding hydrogens is 264 g/mol. The van der Waals surface area contributed by atoms with Crippen LogP contribution in [0.25, 0.3) is 0 Å². The van der Waals surface area contributed by atoms with Crippen molar-refractivity contribution < 1.29 is 0 Å². The lowest BCUT2D eigenvalue weighted by Crippen LogP contribution is -2.44. The van der Waals surface area contributed by atoms with Crippen LogP contribution in [0, 0.1) is 0 Å². The zero-order valence-corrected chi connectivity index (χ0v) is 13.7. The van der Waals surface area contributed by atoms with Gasteiger partial charge in [-0.3, -0.25) is 4.99 Å². The molecule has 0 bridgehead atoms. The van der Waals surface area contributed by atoms with Crippen molar-refractivity contribution in [2.75, 3.05) is 26.0 Å². The molecule has 1 heterocycles. The molecule has 0 aromatic carbocycles. The van der Waals surface area contributed by atoms with E-state index in [0.29, 0.717) is 6.04 Å². The largest absolute Gasteiger partial charge is 0.354 e. The molecule has 0 radical (unpaired) electrons. The number of anilines is 1. The quantitative estimate of drug-likeness (QED) is 0.652. The standard InChI is InChI=1S/C15H28N6/c1-16-14(19-12-8-6-5-7-9-12)17-10-13-11-18-15(20(2)3)21(13)4/h11-12H,5-10H2,1-4H3,(H2,16,17,19). The van der Waals surface area contributed by atoms with Crippen molar-refractivity contribution in [1.82, 2.24) is 20.2 Å². The van der Waals surface area contributed by atoms with Gasteiger partial charge < -0.3 is 20.1 Å². The average Bonchev–Trinajstić information content (AvgIpc) is 2.86. The minimum absolute atomic E-state index is 0.564. The zero-order chi connectivity index (χ0) is 15.2. The second-order valence-corrected chi connectivity index (χ2v) is 5.91. The van der Waals surface area contributed by atoms with Gasteiger partial charge in [0, 0.05) is 34.2 Å². The van der Waals surface area contributed by atoms with Crippen LogP contribution in [0.15, 0.2) is 11.2 Å². The number of hydrogen-bond donors (Lipinski definition) is 2.